The summed E-state index contributed by atoms with van der Waals surface area (Å²) in [5, 5.41) is 2.06. The third-order valence-corrected chi connectivity index (χ3v) is 17.4. The molecule has 0 spiro atoms. The van der Waals surface area contributed by atoms with Gasteiger partial charge in [-0.2, -0.15) is 13.2 Å². The average Bonchev–Trinajstić information content (AvgIpc) is 0.793. The standard InChI is InChI=1S/C79H51BF3N3/c81-79(82,83)63-27-17-26-61(46-63)66-28-13-15-30-71(66)86-72-31-16-14-29-67(72)68-47-58(36-43-73(68)86)62-50-76-78-77(51-62)85(65-41-34-57(35-42-65)53-20-7-2-8-21-53)75-45-38-60(55-24-11-4-12-25-55)49-70(75)80(78)69-48-59(54-22-9-3-10-23-54)37-44-74(69)84(76)64-39-32-56(33-40-64)52-18-5-1-6-19-52/h1-51H. The van der Waals surface area contributed by atoms with E-state index in [0.717, 1.165) is 123 Å². The normalized spacial score (nSPS) is 12.5. The minimum Gasteiger partial charge on any atom is -0.311 e. The summed E-state index contributed by atoms with van der Waals surface area (Å²) in [6, 6.07) is 108. The smallest absolute Gasteiger partial charge is 0.311 e. The van der Waals surface area contributed by atoms with Crippen molar-refractivity contribution in [3.8, 4) is 72.4 Å². The van der Waals surface area contributed by atoms with Gasteiger partial charge in [0.2, 0.25) is 0 Å². The number of hydrogen-bond donors (Lipinski definition) is 0. The van der Waals surface area contributed by atoms with E-state index in [1.807, 2.05) is 30.3 Å². The van der Waals surface area contributed by atoms with Gasteiger partial charge < -0.3 is 14.4 Å². The van der Waals surface area contributed by atoms with Gasteiger partial charge >= 0.3 is 6.18 Å². The van der Waals surface area contributed by atoms with Crippen LogP contribution in [0.4, 0.5) is 47.3 Å². The van der Waals surface area contributed by atoms with E-state index in [-0.39, 0.29) is 6.71 Å². The predicted octanol–water partition coefficient (Wildman–Crippen LogP) is 19.9. The molecular weight excluding hydrogens is 1060 g/mol. The van der Waals surface area contributed by atoms with Crippen LogP contribution >= 0.6 is 0 Å². The van der Waals surface area contributed by atoms with Crippen molar-refractivity contribution in [1.29, 1.82) is 0 Å². The van der Waals surface area contributed by atoms with Crippen molar-refractivity contribution in [2.75, 3.05) is 9.80 Å². The summed E-state index contributed by atoms with van der Waals surface area (Å²) in [5.41, 5.74) is 24.5. The molecule has 0 bridgehead atoms. The van der Waals surface area contributed by atoms with Crippen LogP contribution in [-0.4, -0.2) is 11.3 Å². The summed E-state index contributed by atoms with van der Waals surface area (Å²) in [7, 11) is 0. The van der Waals surface area contributed by atoms with Crippen LogP contribution in [0.25, 0.3) is 94.3 Å². The van der Waals surface area contributed by atoms with Gasteiger partial charge in [-0.1, -0.05) is 224 Å². The van der Waals surface area contributed by atoms with Crippen LogP contribution in [-0.2, 0) is 6.18 Å². The Morgan fingerprint density at radius 1 is 0.267 bits per heavy atom. The number of benzene rings is 13. The Labute approximate surface area is 497 Å². The largest absolute Gasteiger partial charge is 0.416 e. The van der Waals surface area contributed by atoms with Crippen LogP contribution in [0.3, 0.4) is 0 Å². The molecular formula is C79H51BF3N3. The van der Waals surface area contributed by atoms with Gasteiger partial charge in [0.15, 0.2) is 0 Å². The Hall–Kier alpha value is -10.9. The third kappa shape index (κ3) is 8.61. The summed E-state index contributed by atoms with van der Waals surface area (Å²) in [6.07, 6.45) is -4.48. The molecule has 3 nitrogen and oxygen atoms in total. The van der Waals surface area contributed by atoms with E-state index in [1.54, 1.807) is 6.07 Å². The second-order valence-electron chi connectivity index (χ2n) is 22.3. The van der Waals surface area contributed by atoms with Crippen LogP contribution in [0.2, 0.25) is 0 Å². The first kappa shape index (κ1) is 50.8. The fourth-order valence-corrected chi connectivity index (χ4v) is 13.4. The molecule has 0 aliphatic carbocycles. The number of hydrogen-bond acceptors (Lipinski definition) is 2. The Morgan fingerprint density at radius 3 is 1.22 bits per heavy atom. The SMILES string of the molecule is FC(F)(F)c1cccc(-c2ccccc2-n2c3ccccc3c3cc(-c4cc5c6c(c4)N(c4ccc(-c7ccccc7)cc4)c4ccc(-c7ccccc7)cc4B6c4cc(-c6ccccc6)ccc4N5c4ccc(-c5ccccc5)cc4)ccc32)c1. The van der Waals surface area contributed by atoms with E-state index in [1.165, 1.54) is 28.5 Å². The first-order valence-electron chi connectivity index (χ1n) is 29.1. The molecule has 0 fully saturated rings. The van der Waals surface area contributed by atoms with Crippen molar-refractivity contribution in [3.63, 3.8) is 0 Å². The molecule has 0 saturated heterocycles. The van der Waals surface area contributed by atoms with Crippen LogP contribution in [0.15, 0.2) is 309 Å². The van der Waals surface area contributed by atoms with Crippen molar-refractivity contribution in [2.45, 2.75) is 6.18 Å². The number of para-hydroxylation sites is 2. The molecule has 13 aromatic carbocycles. The quantitative estimate of drug-likeness (QED) is 0.133. The van der Waals surface area contributed by atoms with Crippen molar-refractivity contribution in [3.05, 3.63) is 315 Å². The summed E-state index contributed by atoms with van der Waals surface area (Å²) < 4.78 is 44.9. The average molecular weight is 1110 g/mol. The van der Waals surface area contributed by atoms with E-state index in [4.69, 9.17) is 0 Å². The van der Waals surface area contributed by atoms with E-state index in [2.05, 4.69) is 269 Å². The van der Waals surface area contributed by atoms with Crippen LogP contribution in [0.1, 0.15) is 5.56 Å². The highest BCUT2D eigenvalue weighted by Crippen LogP contribution is 2.49. The molecule has 0 amide bonds. The molecule has 3 heterocycles. The monoisotopic (exact) mass is 1110 g/mol. The first-order chi connectivity index (χ1) is 42.3. The molecule has 0 radical (unpaired) electrons. The molecule has 406 valence electrons. The first-order valence-corrected chi connectivity index (χ1v) is 29.1. The molecule has 0 saturated carbocycles. The molecule has 86 heavy (non-hydrogen) atoms. The lowest BCUT2D eigenvalue weighted by Crippen LogP contribution is -2.61. The summed E-state index contributed by atoms with van der Waals surface area (Å²) in [5.74, 6) is 0. The predicted molar refractivity (Wildman–Crippen MR) is 352 cm³/mol. The minimum atomic E-state index is -4.48. The second kappa shape index (κ2) is 20.5. The maximum atomic E-state index is 14.2. The van der Waals surface area contributed by atoms with Crippen molar-refractivity contribution >= 4 is 79.0 Å². The molecule has 14 aromatic rings. The van der Waals surface area contributed by atoms with Crippen LogP contribution in [0.5, 0.6) is 0 Å². The van der Waals surface area contributed by atoms with Crippen molar-refractivity contribution in [2.24, 2.45) is 0 Å². The van der Waals surface area contributed by atoms with Gasteiger partial charge in [-0.25, -0.2) is 0 Å². The Kier molecular flexibility index (Phi) is 12.1. The highest BCUT2D eigenvalue weighted by Gasteiger charge is 2.44. The van der Waals surface area contributed by atoms with Gasteiger partial charge in [-0.15, -0.1) is 0 Å². The fraction of sp³-hybridized carbons (Fsp3) is 0.0127. The lowest BCUT2D eigenvalue weighted by Gasteiger charge is -2.44. The molecule has 0 unspecified atom stereocenters. The van der Waals surface area contributed by atoms with Gasteiger partial charge in [0.05, 0.1) is 22.3 Å². The summed E-state index contributed by atoms with van der Waals surface area (Å²) in [6.45, 7) is -0.177. The number of fused-ring (bicyclic) bond motifs is 7. The molecule has 0 atom stereocenters. The Balaban J connectivity index is 0.959. The molecule has 0 N–H and O–H groups in total. The van der Waals surface area contributed by atoms with E-state index < -0.39 is 11.7 Å². The Bertz CT molecular complexity index is 4710. The third-order valence-electron chi connectivity index (χ3n) is 17.4. The van der Waals surface area contributed by atoms with Gasteiger partial charge in [0.25, 0.3) is 6.71 Å². The highest BCUT2D eigenvalue weighted by molar-refractivity contribution is 7.00. The molecule has 2 aliphatic rings. The maximum absolute atomic E-state index is 14.2. The van der Waals surface area contributed by atoms with Gasteiger partial charge in [-0.05, 0) is 163 Å². The number of nitrogens with zero attached hydrogens (tertiary/aromatic N) is 3. The summed E-state index contributed by atoms with van der Waals surface area (Å²) >= 11 is 0. The second-order valence-corrected chi connectivity index (χ2v) is 22.3. The van der Waals surface area contributed by atoms with Crippen LogP contribution < -0.4 is 26.2 Å². The number of rotatable bonds is 9. The maximum Gasteiger partial charge on any atom is 0.416 e. The number of aromatic nitrogens is 1. The van der Waals surface area contributed by atoms with Gasteiger partial charge in [0.1, 0.15) is 0 Å². The summed E-state index contributed by atoms with van der Waals surface area (Å²) in [4.78, 5) is 4.96. The zero-order chi connectivity index (χ0) is 57.5. The number of alkyl halides is 3. The molecule has 2 aliphatic heterocycles. The zero-order valence-corrected chi connectivity index (χ0v) is 46.5. The van der Waals surface area contributed by atoms with Gasteiger partial charge in [-0.3, -0.25) is 0 Å². The number of halogens is 3. The van der Waals surface area contributed by atoms with Gasteiger partial charge in [0, 0.05) is 50.5 Å². The number of anilines is 6. The van der Waals surface area contributed by atoms with Crippen LogP contribution in [0, 0.1) is 0 Å². The molecule has 1 aromatic heterocycles. The van der Waals surface area contributed by atoms with E-state index >= 15 is 0 Å². The fourth-order valence-electron chi connectivity index (χ4n) is 13.4. The Morgan fingerprint density at radius 2 is 0.686 bits per heavy atom. The van der Waals surface area contributed by atoms with Crippen molar-refractivity contribution < 1.29 is 13.2 Å². The lowest BCUT2D eigenvalue weighted by atomic mass is 9.33. The highest BCUT2D eigenvalue weighted by atomic mass is 19.4. The zero-order valence-electron chi connectivity index (χ0n) is 46.5. The lowest BCUT2D eigenvalue weighted by molar-refractivity contribution is -0.137. The van der Waals surface area contributed by atoms with Crippen molar-refractivity contribution in [1.82, 2.24) is 4.57 Å². The topological polar surface area (TPSA) is 11.4 Å². The molecule has 16 rings (SSSR count). The van der Waals surface area contributed by atoms with E-state index in [0.29, 0.717) is 11.1 Å². The van der Waals surface area contributed by atoms with E-state index in [9.17, 15) is 13.2 Å². The molecule has 7 heteroatoms. The minimum absolute atomic E-state index is 0.177.